The Morgan fingerprint density at radius 2 is 1.75 bits per heavy atom. The summed E-state index contributed by atoms with van der Waals surface area (Å²) in [5.74, 6) is 1.18. The van der Waals surface area contributed by atoms with Gasteiger partial charge in [0.05, 0.1) is 22.9 Å². The second kappa shape index (κ2) is 12.1. The molecule has 0 spiro atoms. The van der Waals surface area contributed by atoms with Gasteiger partial charge >= 0.3 is 0 Å². The SMILES string of the molecule is CCOc1cc(/C=c2\sc3n(c2=O)[C@H](c2ccccc2)C2=C(N=3)c3ccccc3CC2)ccc1OCc1ccc(Cl)cc1Cl. The lowest BCUT2D eigenvalue weighted by Crippen LogP contribution is -2.38. The molecule has 1 atom stereocenters. The van der Waals surface area contributed by atoms with Gasteiger partial charge in [0.1, 0.15) is 6.61 Å². The second-order valence-corrected chi connectivity index (χ2v) is 12.5. The van der Waals surface area contributed by atoms with Gasteiger partial charge in [-0.1, -0.05) is 101 Å². The number of thiazole rings is 1. The minimum absolute atomic E-state index is 0.0521. The first-order valence-electron chi connectivity index (χ1n) is 14.5. The van der Waals surface area contributed by atoms with Crippen molar-refractivity contribution < 1.29 is 9.47 Å². The first-order chi connectivity index (χ1) is 21.5. The predicted molar refractivity (Wildman–Crippen MR) is 178 cm³/mol. The van der Waals surface area contributed by atoms with Gasteiger partial charge in [0, 0.05) is 21.2 Å². The van der Waals surface area contributed by atoms with Crippen molar-refractivity contribution in [2.75, 3.05) is 6.61 Å². The fourth-order valence-electron chi connectivity index (χ4n) is 5.91. The Hall–Kier alpha value is -4.10. The average molecular weight is 640 g/mol. The average Bonchev–Trinajstić information content (AvgIpc) is 3.34. The van der Waals surface area contributed by atoms with E-state index in [1.165, 1.54) is 22.5 Å². The first kappa shape index (κ1) is 28.7. The molecule has 0 amide bonds. The molecular weight excluding hydrogens is 611 g/mol. The minimum atomic E-state index is -0.201. The van der Waals surface area contributed by atoms with Crippen molar-refractivity contribution in [1.29, 1.82) is 0 Å². The summed E-state index contributed by atoms with van der Waals surface area (Å²) in [5, 5.41) is 1.12. The van der Waals surface area contributed by atoms with Gasteiger partial charge in [-0.25, -0.2) is 4.99 Å². The number of hydrogen-bond acceptors (Lipinski definition) is 5. The van der Waals surface area contributed by atoms with E-state index in [-0.39, 0.29) is 18.2 Å². The van der Waals surface area contributed by atoms with Crippen LogP contribution in [-0.2, 0) is 13.0 Å². The van der Waals surface area contributed by atoms with Gasteiger partial charge < -0.3 is 9.47 Å². The summed E-state index contributed by atoms with van der Waals surface area (Å²) in [6.45, 7) is 2.66. The van der Waals surface area contributed by atoms with E-state index in [1.54, 1.807) is 12.1 Å². The summed E-state index contributed by atoms with van der Waals surface area (Å²) in [6.07, 6.45) is 3.70. The number of ether oxygens (including phenoxy) is 2. The van der Waals surface area contributed by atoms with Crippen LogP contribution in [0.15, 0.2) is 106 Å². The Bertz CT molecular complexity index is 2100. The third-order valence-corrected chi connectivity index (χ3v) is 9.52. The van der Waals surface area contributed by atoms with E-state index in [1.807, 2.05) is 60.0 Å². The lowest BCUT2D eigenvalue weighted by Gasteiger charge is -2.30. The lowest BCUT2D eigenvalue weighted by atomic mass is 9.83. The molecule has 8 heteroatoms. The maximum atomic E-state index is 14.1. The van der Waals surface area contributed by atoms with Crippen molar-refractivity contribution in [2.45, 2.75) is 32.4 Å². The van der Waals surface area contributed by atoms with Crippen LogP contribution in [0.4, 0.5) is 0 Å². The van der Waals surface area contributed by atoms with E-state index in [2.05, 4.69) is 36.4 Å². The fourth-order valence-corrected chi connectivity index (χ4v) is 7.37. The summed E-state index contributed by atoms with van der Waals surface area (Å²) in [5.41, 5.74) is 7.33. The first-order valence-corrected chi connectivity index (χ1v) is 16.1. The Morgan fingerprint density at radius 1 is 0.932 bits per heavy atom. The summed E-state index contributed by atoms with van der Waals surface area (Å²) in [4.78, 5) is 19.9. The molecule has 7 rings (SSSR count). The lowest BCUT2D eigenvalue weighted by molar-refractivity contribution is 0.269. The highest BCUT2D eigenvalue weighted by Crippen LogP contribution is 2.41. The quantitative estimate of drug-likeness (QED) is 0.184. The van der Waals surface area contributed by atoms with Crippen LogP contribution in [0.2, 0.25) is 10.0 Å². The van der Waals surface area contributed by atoms with E-state index in [0.29, 0.717) is 37.5 Å². The number of nitrogens with zero attached hydrogens (tertiary/aromatic N) is 2. The largest absolute Gasteiger partial charge is 0.490 e. The topological polar surface area (TPSA) is 52.8 Å². The van der Waals surface area contributed by atoms with E-state index in [9.17, 15) is 4.79 Å². The van der Waals surface area contributed by atoms with Gasteiger partial charge in [0.2, 0.25) is 0 Å². The molecular formula is C36H28Cl2N2O3S. The van der Waals surface area contributed by atoms with Crippen LogP contribution < -0.4 is 24.4 Å². The normalized spacial score (nSPS) is 15.7. The highest BCUT2D eigenvalue weighted by atomic mass is 35.5. The summed E-state index contributed by atoms with van der Waals surface area (Å²) >= 11 is 13.8. The molecule has 5 nitrogen and oxygen atoms in total. The molecule has 5 aromatic rings. The van der Waals surface area contributed by atoms with Crippen LogP contribution in [0.25, 0.3) is 11.8 Å². The number of aryl methyl sites for hydroxylation is 1. The molecule has 2 heterocycles. The number of rotatable bonds is 7. The number of aromatic nitrogens is 1. The van der Waals surface area contributed by atoms with Gasteiger partial charge in [-0.3, -0.25) is 9.36 Å². The summed E-state index contributed by atoms with van der Waals surface area (Å²) < 4.78 is 14.5. The zero-order valence-corrected chi connectivity index (χ0v) is 26.3. The van der Waals surface area contributed by atoms with E-state index in [0.717, 1.165) is 40.8 Å². The molecule has 0 unspecified atom stereocenters. The molecule has 1 aromatic heterocycles. The zero-order chi connectivity index (χ0) is 30.2. The molecule has 0 saturated heterocycles. The molecule has 0 fully saturated rings. The molecule has 1 aliphatic carbocycles. The van der Waals surface area contributed by atoms with Gasteiger partial charge in [0.15, 0.2) is 16.3 Å². The van der Waals surface area contributed by atoms with Crippen molar-refractivity contribution in [2.24, 2.45) is 4.99 Å². The summed E-state index contributed by atoms with van der Waals surface area (Å²) in [6, 6.07) is 29.5. The van der Waals surface area contributed by atoms with Crippen LogP contribution in [0.1, 0.15) is 47.2 Å². The fraction of sp³-hybridized carbons (Fsp3) is 0.167. The molecule has 0 saturated carbocycles. The molecule has 0 N–H and O–H groups in total. The van der Waals surface area contributed by atoms with Gasteiger partial charge in [-0.2, -0.15) is 0 Å². The van der Waals surface area contributed by atoms with Crippen LogP contribution >= 0.6 is 34.5 Å². The monoisotopic (exact) mass is 638 g/mol. The van der Waals surface area contributed by atoms with Crippen LogP contribution in [0.5, 0.6) is 11.5 Å². The maximum Gasteiger partial charge on any atom is 0.271 e. The van der Waals surface area contributed by atoms with Crippen molar-refractivity contribution in [3.05, 3.63) is 154 Å². The van der Waals surface area contributed by atoms with E-state index in [4.69, 9.17) is 37.7 Å². The van der Waals surface area contributed by atoms with Crippen LogP contribution in [0.3, 0.4) is 0 Å². The number of hydrogen-bond donors (Lipinski definition) is 0. The standard InChI is InChI=1S/C36H28Cl2N2O3S/c1-2-42-31-18-22(12-17-30(31)43-21-25-13-15-26(37)20-29(25)38)19-32-35(41)40-34(24-9-4-3-5-10-24)28-16-14-23-8-6-7-11-27(23)33(28)39-36(40)44-32/h3-13,15,17-20,34H,2,14,16,21H2,1H3/b32-19-/t34-/m1/s1. The van der Waals surface area contributed by atoms with E-state index < -0.39 is 0 Å². The number of allylic oxidation sites excluding steroid dienone is 1. The van der Waals surface area contributed by atoms with Crippen molar-refractivity contribution >= 4 is 46.3 Å². The van der Waals surface area contributed by atoms with Crippen molar-refractivity contribution in [3.8, 4) is 11.5 Å². The Morgan fingerprint density at radius 3 is 2.57 bits per heavy atom. The molecule has 0 bridgehead atoms. The smallest absolute Gasteiger partial charge is 0.271 e. The highest BCUT2D eigenvalue weighted by molar-refractivity contribution is 7.07. The van der Waals surface area contributed by atoms with Gasteiger partial charge in [0.25, 0.3) is 5.56 Å². The maximum absolute atomic E-state index is 14.1. The number of halogens is 2. The van der Waals surface area contributed by atoms with Gasteiger partial charge in [-0.05, 0) is 72.4 Å². The summed E-state index contributed by atoms with van der Waals surface area (Å²) in [7, 11) is 0. The third-order valence-electron chi connectivity index (χ3n) is 7.95. The second-order valence-electron chi connectivity index (χ2n) is 10.7. The van der Waals surface area contributed by atoms with Crippen LogP contribution in [-0.4, -0.2) is 11.2 Å². The molecule has 220 valence electrons. The van der Waals surface area contributed by atoms with Gasteiger partial charge in [-0.15, -0.1) is 0 Å². The molecule has 44 heavy (non-hydrogen) atoms. The van der Waals surface area contributed by atoms with E-state index >= 15 is 0 Å². The molecule has 1 aliphatic heterocycles. The molecule has 2 aliphatic rings. The third kappa shape index (κ3) is 5.38. The predicted octanol–water partition coefficient (Wildman–Crippen LogP) is 7.60. The highest BCUT2D eigenvalue weighted by Gasteiger charge is 2.32. The van der Waals surface area contributed by atoms with Crippen LogP contribution in [0, 0.1) is 0 Å². The number of fused-ring (bicyclic) bond motifs is 3. The Balaban J connectivity index is 1.29. The Kier molecular flexibility index (Phi) is 7.89. The van der Waals surface area contributed by atoms with Crippen molar-refractivity contribution in [3.63, 3.8) is 0 Å². The zero-order valence-electron chi connectivity index (χ0n) is 23.9. The molecule has 4 aromatic carbocycles. The minimum Gasteiger partial charge on any atom is -0.490 e. The number of benzene rings is 4. The van der Waals surface area contributed by atoms with Crippen molar-refractivity contribution in [1.82, 2.24) is 4.57 Å². The Labute approximate surface area is 269 Å². The molecule has 0 radical (unpaired) electrons.